The van der Waals surface area contributed by atoms with Gasteiger partial charge in [-0.15, -0.1) is 11.8 Å². The molecule has 1 aromatic carbocycles. The fourth-order valence-electron chi connectivity index (χ4n) is 2.20. The molecule has 2 N–H and O–H groups in total. The molecule has 5 nitrogen and oxygen atoms in total. The zero-order valence-electron chi connectivity index (χ0n) is 16.0. The average Bonchev–Trinajstić information content (AvgIpc) is 2.57. The second kappa shape index (κ2) is 11.3. The molecular weight excluding hydrogens is 372 g/mol. The molecule has 1 aromatic rings. The van der Waals surface area contributed by atoms with Gasteiger partial charge in [0.25, 0.3) is 0 Å². The first kappa shape index (κ1) is 22.6. The van der Waals surface area contributed by atoms with Gasteiger partial charge in [0.15, 0.2) is 0 Å². The highest BCUT2D eigenvalue weighted by molar-refractivity contribution is 7.99. The summed E-state index contributed by atoms with van der Waals surface area (Å²) in [5, 5.41) is 6.37. The van der Waals surface area contributed by atoms with Gasteiger partial charge in [-0.1, -0.05) is 31.9 Å². The number of rotatable bonds is 9. The zero-order chi connectivity index (χ0) is 19.7. The van der Waals surface area contributed by atoms with Gasteiger partial charge in [-0.3, -0.25) is 4.79 Å². The second-order valence-corrected chi connectivity index (χ2v) is 8.17. The summed E-state index contributed by atoms with van der Waals surface area (Å²) in [5.41, 5.74) is 0. The summed E-state index contributed by atoms with van der Waals surface area (Å²) in [5.74, 6) is 0.534. The largest absolute Gasteiger partial charge is 0.447 e. The van der Waals surface area contributed by atoms with Crippen molar-refractivity contribution < 1.29 is 14.3 Å². The number of benzene rings is 1. The molecule has 0 fully saturated rings. The van der Waals surface area contributed by atoms with E-state index in [4.69, 9.17) is 16.3 Å². The Labute approximate surface area is 165 Å². The maximum Gasteiger partial charge on any atom is 0.408 e. The highest BCUT2D eigenvalue weighted by Crippen LogP contribution is 2.21. The number of hydrogen-bond donors (Lipinski definition) is 2. The van der Waals surface area contributed by atoms with Crippen molar-refractivity contribution in [1.29, 1.82) is 0 Å². The van der Waals surface area contributed by atoms with E-state index in [1.165, 1.54) is 0 Å². The van der Waals surface area contributed by atoms with Crippen molar-refractivity contribution in [2.75, 3.05) is 5.75 Å². The SMILES string of the molecule is CCC(C)C(NC(=O)OC(C)C)C(=O)NC(C)CSc1ccc(Cl)cc1. The molecule has 0 bridgehead atoms. The molecule has 3 unspecified atom stereocenters. The van der Waals surface area contributed by atoms with E-state index in [0.29, 0.717) is 5.02 Å². The van der Waals surface area contributed by atoms with E-state index >= 15 is 0 Å². The lowest BCUT2D eigenvalue weighted by molar-refractivity contribution is -0.124. The monoisotopic (exact) mass is 400 g/mol. The topological polar surface area (TPSA) is 67.4 Å². The van der Waals surface area contributed by atoms with Crippen molar-refractivity contribution in [2.45, 2.75) is 64.1 Å². The van der Waals surface area contributed by atoms with Crippen molar-refractivity contribution in [3.05, 3.63) is 29.3 Å². The molecule has 0 aliphatic heterocycles. The van der Waals surface area contributed by atoms with E-state index in [2.05, 4.69) is 10.6 Å². The minimum absolute atomic E-state index is 0.00540. The number of hydrogen-bond acceptors (Lipinski definition) is 4. The standard InChI is InChI=1S/C19H29ClN2O3S/c1-6-13(4)17(22-19(24)25-12(2)3)18(23)21-14(5)11-26-16-9-7-15(20)8-10-16/h7-10,12-14,17H,6,11H2,1-5H3,(H,21,23)(H,22,24). The molecule has 0 saturated heterocycles. The fourth-order valence-corrected chi connectivity index (χ4v) is 3.18. The Morgan fingerprint density at radius 3 is 2.27 bits per heavy atom. The molecule has 0 spiro atoms. The lowest BCUT2D eigenvalue weighted by atomic mass is 9.98. The molecule has 0 saturated carbocycles. The number of carbonyl (C=O) groups is 2. The first-order chi connectivity index (χ1) is 12.2. The molecule has 0 aliphatic rings. The molecule has 0 aromatic heterocycles. The lowest BCUT2D eigenvalue weighted by Gasteiger charge is -2.25. The Bertz CT molecular complexity index is 581. The summed E-state index contributed by atoms with van der Waals surface area (Å²) in [6.45, 7) is 9.41. The number of ether oxygens (including phenoxy) is 1. The van der Waals surface area contributed by atoms with Crippen molar-refractivity contribution >= 4 is 35.4 Å². The minimum Gasteiger partial charge on any atom is -0.447 e. The van der Waals surface area contributed by atoms with E-state index in [1.807, 2.05) is 45.0 Å². The zero-order valence-corrected chi connectivity index (χ0v) is 17.6. The molecule has 146 valence electrons. The number of thioether (sulfide) groups is 1. The van der Waals surface area contributed by atoms with Gasteiger partial charge < -0.3 is 15.4 Å². The number of nitrogens with one attached hydrogen (secondary N) is 2. The van der Waals surface area contributed by atoms with Crippen molar-refractivity contribution in [3.63, 3.8) is 0 Å². The molecule has 0 heterocycles. The highest BCUT2D eigenvalue weighted by Gasteiger charge is 2.27. The van der Waals surface area contributed by atoms with Gasteiger partial charge in [0, 0.05) is 21.7 Å². The molecule has 0 radical (unpaired) electrons. The molecule has 1 rings (SSSR count). The summed E-state index contributed by atoms with van der Waals surface area (Å²) in [4.78, 5) is 25.6. The first-order valence-electron chi connectivity index (χ1n) is 8.88. The van der Waals surface area contributed by atoms with Crippen LogP contribution in [0.5, 0.6) is 0 Å². The van der Waals surface area contributed by atoms with Crippen LogP contribution in [0.15, 0.2) is 29.2 Å². The molecule has 7 heteroatoms. The smallest absolute Gasteiger partial charge is 0.408 e. The normalized spacial score (nSPS) is 14.4. The summed E-state index contributed by atoms with van der Waals surface area (Å²) in [7, 11) is 0. The highest BCUT2D eigenvalue weighted by atomic mass is 35.5. The first-order valence-corrected chi connectivity index (χ1v) is 10.2. The van der Waals surface area contributed by atoms with Crippen LogP contribution in [0.2, 0.25) is 5.02 Å². The third-order valence-corrected chi connectivity index (χ3v) is 5.34. The van der Waals surface area contributed by atoms with E-state index in [-0.39, 0.29) is 24.0 Å². The summed E-state index contributed by atoms with van der Waals surface area (Å²) < 4.78 is 5.10. The Morgan fingerprint density at radius 2 is 1.73 bits per heavy atom. The number of alkyl carbamates (subject to hydrolysis) is 1. The molecule has 0 aliphatic carbocycles. The van der Waals surface area contributed by atoms with Gasteiger partial charge in [0.1, 0.15) is 6.04 Å². The molecule has 2 amide bonds. The Kier molecular flexibility index (Phi) is 9.88. The Morgan fingerprint density at radius 1 is 1.12 bits per heavy atom. The average molecular weight is 401 g/mol. The van der Waals surface area contributed by atoms with Crippen LogP contribution >= 0.6 is 23.4 Å². The van der Waals surface area contributed by atoms with Gasteiger partial charge >= 0.3 is 6.09 Å². The van der Waals surface area contributed by atoms with Crippen LogP contribution in [0.1, 0.15) is 41.0 Å². The Balaban J connectivity index is 2.57. The van der Waals surface area contributed by atoms with Crippen molar-refractivity contribution in [2.24, 2.45) is 5.92 Å². The second-order valence-electron chi connectivity index (χ2n) is 6.64. The number of carbonyl (C=O) groups excluding carboxylic acids is 2. The fraction of sp³-hybridized carbons (Fsp3) is 0.579. The van der Waals surface area contributed by atoms with Crippen molar-refractivity contribution in [1.82, 2.24) is 10.6 Å². The molecule has 26 heavy (non-hydrogen) atoms. The maximum atomic E-state index is 12.6. The van der Waals surface area contributed by atoms with Gasteiger partial charge in [0.2, 0.25) is 5.91 Å². The van der Waals surface area contributed by atoms with Crippen LogP contribution in [0.3, 0.4) is 0 Å². The summed E-state index contributed by atoms with van der Waals surface area (Å²) in [6.07, 6.45) is -0.0255. The predicted octanol–water partition coefficient (Wildman–Crippen LogP) is 4.49. The Hall–Kier alpha value is -1.40. The van der Waals surface area contributed by atoms with Gasteiger partial charge in [0.05, 0.1) is 6.10 Å². The minimum atomic E-state index is -0.616. The quantitative estimate of drug-likeness (QED) is 0.599. The molecular formula is C19H29ClN2O3S. The van der Waals surface area contributed by atoms with Crippen LogP contribution in [-0.4, -0.2) is 35.9 Å². The van der Waals surface area contributed by atoms with Crippen LogP contribution in [0.25, 0.3) is 0 Å². The van der Waals surface area contributed by atoms with Crippen LogP contribution in [0, 0.1) is 5.92 Å². The van der Waals surface area contributed by atoms with E-state index in [9.17, 15) is 9.59 Å². The third-order valence-electron chi connectivity index (χ3n) is 3.81. The maximum absolute atomic E-state index is 12.6. The van der Waals surface area contributed by atoms with E-state index in [1.54, 1.807) is 25.6 Å². The van der Waals surface area contributed by atoms with Crippen molar-refractivity contribution in [3.8, 4) is 0 Å². The number of halogens is 1. The third kappa shape index (κ3) is 8.32. The van der Waals surface area contributed by atoms with E-state index in [0.717, 1.165) is 17.1 Å². The lowest BCUT2D eigenvalue weighted by Crippen LogP contribution is -2.52. The molecule has 3 atom stereocenters. The van der Waals surface area contributed by atoms with Gasteiger partial charge in [-0.2, -0.15) is 0 Å². The summed E-state index contributed by atoms with van der Waals surface area (Å²) in [6, 6.07) is 6.93. The predicted molar refractivity (Wildman–Crippen MR) is 108 cm³/mol. The van der Waals surface area contributed by atoms with Crippen LogP contribution < -0.4 is 10.6 Å². The number of amides is 2. The van der Waals surface area contributed by atoms with Crippen LogP contribution in [0.4, 0.5) is 4.79 Å². The summed E-state index contributed by atoms with van der Waals surface area (Å²) >= 11 is 7.53. The van der Waals surface area contributed by atoms with Crippen LogP contribution in [-0.2, 0) is 9.53 Å². The van der Waals surface area contributed by atoms with E-state index < -0.39 is 12.1 Å². The van der Waals surface area contributed by atoms with Gasteiger partial charge in [-0.25, -0.2) is 4.79 Å². The van der Waals surface area contributed by atoms with Gasteiger partial charge in [-0.05, 0) is 51.0 Å².